The first-order valence-electron chi connectivity index (χ1n) is 11.2. The molecule has 2 amide bonds. The van der Waals surface area contributed by atoms with Gasteiger partial charge in [0.1, 0.15) is 12.2 Å². The lowest BCUT2D eigenvalue weighted by Crippen LogP contribution is -2.45. The third-order valence-electron chi connectivity index (χ3n) is 5.92. The number of fused-ring (bicyclic) bond motifs is 1. The smallest absolute Gasteiger partial charge is 0.320 e. The van der Waals surface area contributed by atoms with Crippen LogP contribution in [0.4, 0.5) is 10.6 Å². The van der Waals surface area contributed by atoms with E-state index in [2.05, 4.69) is 54.1 Å². The molecular weight excluding hydrogens is 394 g/mol. The predicted octanol–water partition coefficient (Wildman–Crippen LogP) is 5.08. The van der Waals surface area contributed by atoms with Crippen LogP contribution in [0.2, 0.25) is 25.7 Å². The summed E-state index contributed by atoms with van der Waals surface area (Å²) in [6, 6.07) is 3.07. The summed E-state index contributed by atoms with van der Waals surface area (Å²) in [6.07, 6.45) is 8.19. The number of carbonyl (C=O) groups is 1. The van der Waals surface area contributed by atoms with Crippen LogP contribution in [0.1, 0.15) is 39.5 Å². The maximum absolute atomic E-state index is 12.5. The van der Waals surface area contributed by atoms with E-state index < -0.39 is 8.07 Å². The molecule has 8 heteroatoms. The van der Waals surface area contributed by atoms with Gasteiger partial charge in [0.25, 0.3) is 0 Å². The molecule has 1 saturated carbocycles. The zero-order chi connectivity index (χ0) is 21.7. The van der Waals surface area contributed by atoms with Gasteiger partial charge in [-0.3, -0.25) is 5.32 Å². The summed E-state index contributed by atoms with van der Waals surface area (Å²) in [5.41, 5.74) is 1.51. The van der Waals surface area contributed by atoms with Crippen LogP contribution in [0.5, 0.6) is 0 Å². The van der Waals surface area contributed by atoms with E-state index in [9.17, 15) is 4.79 Å². The minimum atomic E-state index is -1.09. The summed E-state index contributed by atoms with van der Waals surface area (Å²) in [5.74, 6) is 1.57. The molecule has 2 aromatic rings. The van der Waals surface area contributed by atoms with Crippen LogP contribution in [-0.2, 0) is 11.5 Å². The third kappa shape index (κ3) is 6.28. The number of nitrogens with zero attached hydrogens (tertiary/aromatic N) is 3. The molecule has 7 nitrogen and oxygen atoms in total. The van der Waals surface area contributed by atoms with Gasteiger partial charge in [-0.05, 0) is 36.8 Å². The molecule has 2 atom stereocenters. The van der Waals surface area contributed by atoms with Gasteiger partial charge < -0.3 is 14.6 Å². The van der Waals surface area contributed by atoms with Crippen molar-refractivity contribution in [1.82, 2.24) is 19.9 Å². The third-order valence-corrected chi connectivity index (χ3v) is 7.63. The maximum Gasteiger partial charge on any atom is 0.320 e. The first-order chi connectivity index (χ1) is 14.2. The lowest BCUT2D eigenvalue weighted by molar-refractivity contribution is 0.0899. The van der Waals surface area contributed by atoms with Crippen LogP contribution < -0.4 is 10.6 Å². The van der Waals surface area contributed by atoms with E-state index in [0.717, 1.165) is 30.2 Å². The van der Waals surface area contributed by atoms with Crippen LogP contribution in [0.3, 0.4) is 0 Å². The predicted molar refractivity (Wildman–Crippen MR) is 124 cm³/mol. The Morgan fingerprint density at radius 1 is 1.30 bits per heavy atom. The number of amides is 2. The second-order valence-corrected chi connectivity index (χ2v) is 15.6. The molecule has 2 heterocycles. The molecule has 2 aromatic heterocycles. The van der Waals surface area contributed by atoms with Gasteiger partial charge in [0.2, 0.25) is 0 Å². The average Bonchev–Trinajstić information content (AvgIpc) is 3.07. The van der Waals surface area contributed by atoms with Crippen molar-refractivity contribution in [3.63, 3.8) is 0 Å². The van der Waals surface area contributed by atoms with E-state index in [1.54, 1.807) is 6.20 Å². The van der Waals surface area contributed by atoms with Gasteiger partial charge in [-0.15, -0.1) is 0 Å². The summed E-state index contributed by atoms with van der Waals surface area (Å²) in [6.45, 7) is 12.7. The number of hydrogen-bond acceptors (Lipinski definition) is 4. The number of nitrogens with one attached hydrogen (secondary N) is 2. The van der Waals surface area contributed by atoms with Gasteiger partial charge in [0, 0.05) is 26.9 Å². The Morgan fingerprint density at radius 3 is 2.80 bits per heavy atom. The van der Waals surface area contributed by atoms with Gasteiger partial charge in [0.05, 0.1) is 6.20 Å². The van der Waals surface area contributed by atoms with E-state index in [4.69, 9.17) is 4.74 Å². The second-order valence-electron chi connectivity index (χ2n) is 9.99. The minimum absolute atomic E-state index is 0.199. The van der Waals surface area contributed by atoms with Gasteiger partial charge >= 0.3 is 6.03 Å². The lowest BCUT2D eigenvalue weighted by atomic mass is 9.78. The zero-order valence-corrected chi connectivity index (χ0v) is 20.1. The minimum Gasteiger partial charge on any atom is -0.361 e. The Bertz CT molecular complexity index is 846. The molecule has 2 N–H and O–H groups in total. The number of carbonyl (C=O) groups excluding carboxylic acids is 1. The molecule has 0 aromatic carbocycles. The summed E-state index contributed by atoms with van der Waals surface area (Å²) >= 11 is 0. The molecule has 1 aliphatic carbocycles. The molecule has 3 rings (SSSR count). The van der Waals surface area contributed by atoms with Crippen molar-refractivity contribution >= 4 is 31.1 Å². The maximum atomic E-state index is 12.5. The standard InChI is InChI=1S/C22H37N5O2Si/c1-16(2)17-8-6-7-9-18(17)25-22(28)26-20-14-23-21-19(24-20)10-11-27(21)15-29-12-13-30(3,4)5/h10-11,14,16-18H,6-9,12-13,15H2,1-5H3,(H2,24,25,26,28)/t17-,18-/m1/s1. The fourth-order valence-corrected chi connectivity index (χ4v) is 4.88. The van der Waals surface area contributed by atoms with E-state index in [1.807, 2.05) is 16.8 Å². The highest BCUT2D eigenvalue weighted by molar-refractivity contribution is 6.76. The highest BCUT2D eigenvalue weighted by atomic mass is 28.3. The van der Waals surface area contributed by atoms with Gasteiger partial charge in [-0.1, -0.05) is 46.3 Å². The van der Waals surface area contributed by atoms with Crippen molar-refractivity contribution in [3.05, 3.63) is 18.5 Å². The molecule has 30 heavy (non-hydrogen) atoms. The Balaban J connectivity index is 1.56. The molecule has 0 aliphatic heterocycles. The normalized spacial score (nSPS) is 19.9. The number of aromatic nitrogens is 3. The number of hydrogen-bond donors (Lipinski definition) is 2. The molecular formula is C22H37N5O2Si. The molecule has 166 valence electrons. The van der Waals surface area contributed by atoms with Crippen LogP contribution in [0.15, 0.2) is 18.5 Å². The van der Waals surface area contributed by atoms with Crippen LogP contribution in [0, 0.1) is 11.8 Å². The van der Waals surface area contributed by atoms with Crippen LogP contribution in [-0.4, -0.2) is 41.3 Å². The Hall–Kier alpha value is -1.93. The number of rotatable bonds is 8. The first kappa shape index (κ1) is 22.7. The molecule has 1 aliphatic rings. The Labute approximate surface area is 181 Å². The fourth-order valence-electron chi connectivity index (χ4n) is 4.12. The molecule has 0 radical (unpaired) electrons. The SMILES string of the molecule is CC(C)[C@H]1CCCC[C@H]1NC(=O)Nc1cnc2c(ccn2COCC[Si](C)(C)C)n1. The monoisotopic (exact) mass is 431 g/mol. The quantitative estimate of drug-likeness (QED) is 0.451. The van der Waals surface area contributed by atoms with Crippen molar-refractivity contribution in [2.75, 3.05) is 11.9 Å². The Kier molecular flexibility index (Phi) is 7.52. The van der Waals surface area contributed by atoms with Gasteiger partial charge in [-0.25, -0.2) is 14.8 Å². The molecule has 0 bridgehead atoms. The van der Waals surface area contributed by atoms with Crippen molar-refractivity contribution in [2.45, 2.75) is 78.0 Å². The lowest BCUT2D eigenvalue weighted by Gasteiger charge is -2.34. The fraction of sp³-hybridized carbons (Fsp3) is 0.682. The van der Waals surface area contributed by atoms with Crippen LogP contribution in [0.25, 0.3) is 11.2 Å². The molecule has 0 spiro atoms. The molecule has 1 fully saturated rings. The molecule has 0 unspecified atom stereocenters. The number of anilines is 1. The largest absolute Gasteiger partial charge is 0.361 e. The molecule has 0 saturated heterocycles. The van der Waals surface area contributed by atoms with Crippen molar-refractivity contribution < 1.29 is 9.53 Å². The summed E-state index contributed by atoms with van der Waals surface area (Å²) < 4.78 is 7.77. The van der Waals surface area contributed by atoms with Crippen molar-refractivity contribution in [3.8, 4) is 0 Å². The summed E-state index contributed by atoms with van der Waals surface area (Å²) in [7, 11) is -1.09. The topological polar surface area (TPSA) is 81.1 Å². The van der Waals surface area contributed by atoms with E-state index in [0.29, 0.717) is 24.4 Å². The summed E-state index contributed by atoms with van der Waals surface area (Å²) in [5, 5.41) is 6.02. The van der Waals surface area contributed by atoms with Crippen LogP contribution >= 0.6 is 0 Å². The van der Waals surface area contributed by atoms with E-state index in [1.165, 1.54) is 19.3 Å². The van der Waals surface area contributed by atoms with Gasteiger partial charge in [0.15, 0.2) is 11.5 Å². The van der Waals surface area contributed by atoms with Crippen molar-refractivity contribution in [1.29, 1.82) is 0 Å². The van der Waals surface area contributed by atoms with Gasteiger partial charge in [-0.2, -0.15) is 0 Å². The van der Waals surface area contributed by atoms with E-state index in [-0.39, 0.29) is 12.1 Å². The Morgan fingerprint density at radius 2 is 2.07 bits per heavy atom. The second kappa shape index (κ2) is 9.92. The highest BCUT2D eigenvalue weighted by Gasteiger charge is 2.28. The number of urea groups is 1. The summed E-state index contributed by atoms with van der Waals surface area (Å²) in [4.78, 5) is 21.6. The zero-order valence-electron chi connectivity index (χ0n) is 19.1. The van der Waals surface area contributed by atoms with Crippen molar-refractivity contribution in [2.24, 2.45) is 11.8 Å². The first-order valence-corrected chi connectivity index (χ1v) is 14.9. The highest BCUT2D eigenvalue weighted by Crippen LogP contribution is 2.30. The van der Waals surface area contributed by atoms with E-state index >= 15 is 0 Å². The average molecular weight is 432 g/mol. The number of ether oxygens (including phenoxy) is 1.